The highest BCUT2D eigenvalue weighted by Crippen LogP contribution is 2.36. The van der Waals surface area contributed by atoms with E-state index in [9.17, 15) is 4.79 Å². The van der Waals surface area contributed by atoms with Crippen molar-refractivity contribution in [3.05, 3.63) is 156 Å². The maximum Gasteiger partial charge on any atom is 0.311 e. The lowest BCUT2D eigenvalue weighted by Gasteiger charge is -2.08. The zero-order valence-electron chi connectivity index (χ0n) is 24.5. The highest BCUT2D eigenvalue weighted by Gasteiger charge is 2.21. The van der Waals surface area contributed by atoms with Gasteiger partial charge in [-0.25, -0.2) is 4.40 Å². The Labute approximate surface area is 261 Å². The van der Waals surface area contributed by atoms with Crippen molar-refractivity contribution < 1.29 is 4.42 Å². The molecule has 0 atom stereocenters. The number of nitrogens with zero attached hydrogens (tertiary/aromatic N) is 4. The van der Waals surface area contributed by atoms with Gasteiger partial charge in [-0.05, 0) is 71.8 Å². The molecule has 0 spiro atoms. The number of oxazole rings is 1. The van der Waals surface area contributed by atoms with E-state index in [0.29, 0.717) is 22.1 Å². The Morgan fingerprint density at radius 1 is 0.500 bits per heavy atom. The van der Waals surface area contributed by atoms with Crippen LogP contribution in [-0.2, 0) is 0 Å². The average molecular weight is 593 g/mol. The van der Waals surface area contributed by atoms with Crippen LogP contribution in [-0.4, -0.2) is 18.5 Å². The van der Waals surface area contributed by atoms with Gasteiger partial charge in [0.1, 0.15) is 0 Å². The summed E-state index contributed by atoms with van der Waals surface area (Å²) in [5.41, 5.74) is 9.11. The van der Waals surface area contributed by atoms with Crippen molar-refractivity contribution in [2.24, 2.45) is 0 Å². The zero-order chi connectivity index (χ0) is 30.4. The van der Waals surface area contributed by atoms with Crippen LogP contribution in [0.25, 0.3) is 83.2 Å². The first-order valence-electron chi connectivity index (χ1n) is 15.3. The quantitative estimate of drug-likeness (QED) is 0.205. The van der Waals surface area contributed by atoms with Gasteiger partial charge in [0.25, 0.3) is 5.56 Å². The highest BCUT2D eigenvalue weighted by atomic mass is 16.4. The molecule has 0 N–H and O–H groups in total. The number of hydrogen-bond donors (Lipinski definition) is 0. The predicted molar refractivity (Wildman–Crippen MR) is 185 cm³/mol. The van der Waals surface area contributed by atoms with E-state index in [-0.39, 0.29) is 11.4 Å². The standard InChI is InChI=1S/C40H24N4O2/c45-39-37-30-16-8-10-18-33(30)43(28-13-5-2-6-14-28)38(37)41-40-44(39)35-22-20-26(24-36(35)46-40)25-19-21-34-31(23-25)29-15-7-9-17-32(29)42(34)27-11-3-1-4-12-27/h1-24H. The highest BCUT2D eigenvalue weighted by molar-refractivity contribution is 6.11. The molecule has 0 aliphatic carbocycles. The van der Waals surface area contributed by atoms with E-state index in [2.05, 4.69) is 77.4 Å². The summed E-state index contributed by atoms with van der Waals surface area (Å²) in [6.07, 6.45) is 0. The monoisotopic (exact) mass is 592 g/mol. The Morgan fingerprint density at radius 2 is 1.07 bits per heavy atom. The van der Waals surface area contributed by atoms with E-state index in [1.807, 2.05) is 77.4 Å². The molecule has 0 aliphatic rings. The minimum Gasteiger partial charge on any atom is -0.423 e. The molecular formula is C40H24N4O2. The van der Waals surface area contributed by atoms with Gasteiger partial charge in [-0.15, -0.1) is 0 Å². The maximum absolute atomic E-state index is 14.2. The lowest BCUT2D eigenvalue weighted by molar-refractivity contribution is 0.636. The molecule has 4 aromatic heterocycles. The van der Waals surface area contributed by atoms with Crippen LogP contribution in [0.2, 0.25) is 0 Å². The molecule has 4 heterocycles. The number of aromatic nitrogens is 4. The summed E-state index contributed by atoms with van der Waals surface area (Å²) in [4.78, 5) is 19.2. The molecular weight excluding hydrogens is 568 g/mol. The van der Waals surface area contributed by atoms with Crippen LogP contribution >= 0.6 is 0 Å². The number of fused-ring (bicyclic) bond motifs is 9. The van der Waals surface area contributed by atoms with Gasteiger partial charge in [0, 0.05) is 27.5 Å². The lowest BCUT2D eigenvalue weighted by atomic mass is 10.0. The minimum absolute atomic E-state index is 0.146. The third kappa shape index (κ3) is 3.41. The Kier molecular flexibility index (Phi) is 5.05. The molecule has 10 aromatic rings. The maximum atomic E-state index is 14.2. The smallest absolute Gasteiger partial charge is 0.311 e. The van der Waals surface area contributed by atoms with E-state index >= 15 is 0 Å². The van der Waals surface area contributed by atoms with Crippen LogP contribution in [0.1, 0.15) is 0 Å². The number of benzene rings is 6. The Morgan fingerprint density at radius 3 is 1.80 bits per heavy atom. The molecule has 6 aromatic carbocycles. The van der Waals surface area contributed by atoms with Crippen molar-refractivity contribution in [1.29, 1.82) is 0 Å². The number of rotatable bonds is 3. The summed E-state index contributed by atoms with van der Waals surface area (Å²) in [6.45, 7) is 0. The summed E-state index contributed by atoms with van der Waals surface area (Å²) < 4.78 is 12.3. The van der Waals surface area contributed by atoms with Gasteiger partial charge in [0.2, 0.25) is 0 Å². The molecule has 0 radical (unpaired) electrons. The summed E-state index contributed by atoms with van der Waals surface area (Å²) >= 11 is 0. The molecule has 6 heteroatoms. The topological polar surface area (TPSA) is 57.4 Å². The van der Waals surface area contributed by atoms with Crippen LogP contribution < -0.4 is 5.56 Å². The van der Waals surface area contributed by atoms with E-state index in [4.69, 9.17) is 9.40 Å². The molecule has 0 amide bonds. The molecule has 0 saturated heterocycles. The van der Waals surface area contributed by atoms with Gasteiger partial charge in [-0.2, -0.15) is 4.98 Å². The van der Waals surface area contributed by atoms with Crippen molar-refractivity contribution in [2.45, 2.75) is 0 Å². The van der Waals surface area contributed by atoms with Crippen LogP contribution in [0.5, 0.6) is 0 Å². The van der Waals surface area contributed by atoms with Crippen molar-refractivity contribution in [3.8, 4) is 22.5 Å². The van der Waals surface area contributed by atoms with Crippen LogP contribution in [0.3, 0.4) is 0 Å². The lowest BCUT2D eigenvalue weighted by Crippen LogP contribution is -2.13. The normalized spacial score (nSPS) is 12.0. The number of para-hydroxylation sites is 4. The van der Waals surface area contributed by atoms with Gasteiger partial charge in [0.15, 0.2) is 11.2 Å². The van der Waals surface area contributed by atoms with Crippen molar-refractivity contribution >= 4 is 60.7 Å². The van der Waals surface area contributed by atoms with Crippen molar-refractivity contribution in [3.63, 3.8) is 0 Å². The van der Waals surface area contributed by atoms with Gasteiger partial charge in [0.05, 0.1) is 27.5 Å². The summed E-state index contributed by atoms with van der Waals surface area (Å²) in [5.74, 6) is 0.269. The summed E-state index contributed by atoms with van der Waals surface area (Å²) in [5, 5.41) is 3.81. The van der Waals surface area contributed by atoms with E-state index in [1.54, 1.807) is 4.40 Å². The van der Waals surface area contributed by atoms with Crippen LogP contribution in [0, 0.1) is 0 Å². The minimum atomic E-state index is -0.146. The first kappa shape index (κ1) is 25.0. The third-order valence-corrected chi connectivity index (χ3v) is 9.10. The fourth-order valence-electron chi connectivity index (χ4n) is 7.07. The van der Waals surface area contributed by atoms with Crippen molar-refractivity contribution in [2.75, 3.05) is 0 Å². The van der Waals surface area contributed by atoms with Gasteiger partial charge in [-0.3, -0.25) is 9.36 Å². The predicted octanol–water partition coefficient (Wildman–Crippen LogP) is 9.30. The zero-order valence-corrected chi connectivity index (χ0v) is 24.5. The van der Waals surface area contributed by atoms with E-state index in [0.717, 1.165) is 38.9 Å². The van der Waals surface area contributed by atoms with Gasteiger partial charge >= 0.3 is 5.84 Å². The molecule has 10 rings (SSSR count). The Bertz CT molecular complexity index is 2870. The molecule has 0 saturated carbocycles. The SMILES string of the molecule is O=c1c2c3ccccc3n(-c3ccccc3)c2nc2oc3cc(-c4ccc5c(c4)c4ccccc4n5-c4ccccc4)ccc3n12. The first-order valence-corrected chi connectivity index (χ1v) is 15.3. The van der Waals surface area contributed by atoms with Crippen LogP contribution in [0.15, 0.2) is 155 Å². The van der Waals surface area contributed by atoms with E-state index in [1.165, 1.54) is 16.3 Å². The average Bonchev–Trinajstić information content (AvgIpc) is 3.76. The molecule has 0 aliphatic heterocycles. The third-order valence-electron chi connectivity index (χ3n) is 9.10. The Hall–Kier alpha value is -6.40. The fourth-order valence-corrected chi connectivity index (χ4v) is 7.07. The second-order valence-electron chi connectivity index (χ2n) is 11.6. The molecule has 216 valence electrons. The van der Waals surface area contributed by atoms with Gasteiger partial charge < -0.3 is 8.98 Å². The number of hydrogen-bond acceptors (Lipinski definition) is 3. The second-order valence-corrected chi connectivity index (χ2v) is 11.6. The molecule has 0 unspecified atom stereocenters. The summed E-state index contributed by atoms with van der Waals surface area (Å²) in [6, 6.07) is 49.5. The molecule has 0 fully saturated rings. The Balaban J connectivity index is 1.19. The first-order chi connectivity index (χ1) is 22.7. The largest absolute Gasteiger partial charge is 0.423 e. The second kappa shape index (κ2) is 9.30. The van der Waals surface area contributed by atoms with Gasteiger partial charge in [-0.1, -0.05) is 84.9 Å². The molecule has 0 bridgehead atoms. The van der Waals surface area contributed by atoms with E-state index < -0.39 is 0 Å². The summed E-state index contributed by atoms with van der Waals surface area (Å²) in [7, 11) is 0. The molecule has 6 nitrogen and oxygen atoms in total. The van der Waals surface area contributed by atoms with Crippen LogP contribution in [0.4, 0.5) is 0 Å². The molecule has 46 heavy (non-hydrogen) atoms. The fraction of sp³-hybridized carbons (Fsp3) is 0. The van der Waals surface area contributed by atoms with Crippen molar-refractivity contribution in [1.82, 2.24) is 18.5 Å².